The van der Waals surface area contributed by atoms with Crippen LogP contribution in [-0.2, 0) is 4.79 Å². The van der Waals surface area contributed by atoms with Crippen LogP contribution in [0, 0.1) is 0 Å². The van der Waals surface area contributed by atoms with E-state index in [0.29, 0.717) is 6.42 Å². The van der Waals surface area contributed by atoms with Gasteiger partial charge < -0.3 is 17.1 Å². The molecule has 1 N–H and O–H groups in total. The molecule has 0 aromatic heterocycles. The molecule has 3 rings (SSSR count). The monoisotopic (exact) mass is 312 g/mol. The Kier molecular flexibility index (Phi) is 4.94. The number of rotatable bonds is 2. The van der Waals surface area contributed by atoms with E-state index in [1.807, 2.05) is 29.2 Å². The maximum atomic E-state index is 12.2. The van der Waals surface area contributed by atoms with Crippen molar-refractivity contribution in [3.8, 4) is 5.75 Å². The Hall–Kier alpha value is -1.20. The number of fused-ring (bicyclic) bond motifs is 1. The smallest absolute Gasteiger partial charge is 0.314 e. The van der Waals surface area contributed by atoms with Crippen LogP contribution in [0.2, 0.25) is 0 Å². The van der Waals surface area contributed by atoms with Crippen LogP contribution in [0.1, 0.15) is 23.7 Å². The molecule has 1 amide bonds. The van der Waals surface area contributed by atoms with Crippen LogP contribution in [0.25, 0.3) is 0 Å². The summed E-state index contributed by atoms with van der Waals surface area (Å²) < 4.78 is 5.16. The fraction of sp³-hybridized carbons (Fsp3) is 0.429. The second kappa shape index (κ2) is 6.50. The number of carbonyl (C=O) groups excluding carboxylic acids is 1. The number of hydrogen-bond donors (Lipinski definition) is 1. The van der Waals surface area contributed by atoms with Gasteiger partial charge in [-0.3, -0.25) is 4.99 Å². The van der Waals surface area contributed by atoms with Gasteiger partial charge in [-0.15, -0.1) is 0 Å². The third-order valence-electron chi connectivity index (χ3n) is 3.48. The Morgan fingerprint density at radius 2 is 2.10 bits per heavy atom. The molecule has 20 heavy (non-hydrogen) atoms. The van der Waals surface area contributed by atoms with E-state index in [-0.39, 0.29) is 23.6 Å². The van der Waals surface area contributed by atoms with Gasteiger partial charge in [0.2, 0.25) is 0 Å². The lowest BCUT2D eigenvalue weighted by Crippen LogP contribution is -3.00. The highest BCUT2D eigenvalue weighted by molar-refractivity contribution is 8.13. The Morgan fingerprint density at radius 1 is 1.35 bits per heavy atom. The topological polar surface area (TPSA) is 43.5 Å². The van der Waals surface area contributed by atoms with Gasteiger partial charge in [0.25, 0.3) is 0 Å². The largest absolute Gasteiger partial charge is 1.00 e. The molecule has 1 atom stereocenters. The van der Waals surface area contributed by atoms with E-state index in [2.05, 4.69) is 4.99 Å². The number of nitrogens with one attached hydrogen (secondary N) is 1. The van der Waals surface area contributed by atoms with Gasteiger partial charge in [-0.05, 0) is 29.5 Å². The lowest BCUT2D eigenvalue weighted by Gasteiger charge is -2.28. The van der Waals surface area contributed by atoms with Crippen LogP contribution in [0.15, 0.2) is 24.3 Å². The van der Waals surface area contributed by atoms with Gasteiger partial charge in [-0.1, -0.05) is 12.1 Å². The minimum atomic E-state index is 0. The highest BCUT2D eigenvalue weighted by atomic mass is 35.5. The van der Waals surface area contributed by atoms with Crippen LogP contribution < -0.4 is 22.1 Å². The molecule has 0 spiro atoms. The summed E-state index contributed by atoms with van der Waals surface area (Å²) in [5.41, 5.74) is 1.18. The molecule has 1 aromatic rings. The number of thioether (sulfide) groups is 1. The number of amidine groups is 1. The first-order valence-electron chi connectivity index (χ1n) is 6.50. The Balaban J connectivity index is 0.00000147. The van der Waals surface area contributed by atoms with Crippen molar-refractivity contribution in [2.24, 2.45) is 0 Å². The number of carbonyl (C=O) groups is 1. The fourth-order valence-corrected chi connectivity index (χ4v) is 3.72. The Bertz CT molecular complexity index is 518. The molecule has 1 saturated heterocycles. The number of ether oxygens (including phenoxy) is 1. The van der Waals surface area contributed by atoms with Crippen molar-refractivity contribution in [1.82, 2.24) is 4.90 Å². The van der Waals surface area contributed by atoms with Crippen molar-refractivity contribution in [1.29, 1.82) is 0 Å². The van der Waals surface area contributed by atoms with Gasteiger partial charge in [0.1, 0.15) is 5.75 Å². The second-order valence-electron chi connectivity index (χ2n) is 4.71. The van der Waals surface area contributed by atoms with Crippen molar-refractivity contribution >= 4 is 22.8 Å². The van der Waals surface area contributed by atoms with E-state index in [9.17, 15) is 4.79 Å². The highest BCUT2D eigenvalue weighted by Crippen LogP contribution is 2.38. The zero-order valence-electron chi connectivity index (χ0n) is 11.3. The maximum Gasteiger partial charge on any atom is 0.314 e. The molecular formula is C14H17ClN2O2S. The van der Waals surface area contributed by atoms with Gasteiger partial charge in [0.15, 0.2) is 0 Å². The highest BCUT2D eigenvalue weighted by Gasteiger charge is 2.39. The van der Waals surface area contributed by atoms with E-state index >= 15 is 0 Å². The molecule has 2 heterocycles. The quantitative estimate of drug-likeness (QED) is 0.659. The van der Waals surface area contributed by atoms with Gasteiger partial charge in [0.05, 0.1) is 31.9 Å². The van der Waals surface area contributed by atoms with Gasteiger partial charge >= 0.3 is 11.1 Å². The third-order valence-corrected chi connectivity index (χ3v) is 4.79. The summed E-state index contributed by atoms with van der Waals surface area (Å²) in [6.07, 6.45) is 1.60. The molecule has 6 heteroatoms. The normalized spacial score (nSPS) is 21.6. The third kappa shape index (κ3) is 2.94. The van der Waals surface area contributed by atoms with Crippen LogP contribution in [0.5, 0.6) is 5.75 Å². The summed E-state index contributed by atoms with van der Waals surface area (Å²) in [5.74, 6) is 1.07. The summed E-state index contributed by atoms with van der Waals surface area (Å²) in [7, 11) is 1.66. The van der Waals surface area contributed by atoms with Crippen molar-refractivity contribution in [3.63, 3.8) is 0 Å². The first kappa shape index (κ1) is 15.2. The van der Waals surface area contributed by atoms with Crippen LogP contribution in [0.4, 0.5) is 0 Å². The van der Waals surface area contributed by atoms with E-state index in [1.54, 1.807) is 18.9 Å². The molecule has 1 aromatic carbocycles. The molecule has 0 aliphatic carbocycles. The van der Waals surface area contributed by atoms with Crippen molar-refractivity contribution in [3.05, 3.63) is 29.8 Å². The first-order valence-corrected chi connectivity index (χ1v) is 7.37. The van der Waals surface area contributed by atoms with E-state index < -0.39 is 0 Å². The molecule has 0 radical (unpaired) electrons. The molecule has 108 valence electrons. The fourth-order valence-electron chi connectivity index (χ4n) is 2.42. The minimum Gasteiger partial charge on any atom is -1.00 e. The zero-order valence-corrected chi connectivity index (χ0v) is 12.8. The minimum absolute atomic E-state index is 0. The van der Waals surface area contributed by atoms with Gasteiger partial charge in [0, 0.05) is 6.42 Å². The summed E-state index contributed by atoms with van der Waals surface area (Å²) in [6, 6.07) is 7.99. The summed E-state index contributed by atoms with van der Waals surface area (Å²) >= 11 is 1.76. The van der Waals surface area contributed by atoms with Gasteiger partial charge in [-0.25, -0.2) is 4.79 Å². The van der Waals surface area contributed by atoms with E-state index in [1.165, 1.54) is 5.56 Å². The molecule has 2 aliphatic rings. The molecule has 0 saturated carbocycles. The predicted molar refractivity (Wildman–Crippen MR) is 75.1 cm³/mol. The van der Waals surface area contributed by atoms with Crippen molar-refractivity contribution < 1.29 is 26.9 Å². The number of hydrogen-bond acceptors (Lipinski definition) is 3. The van der Waals surface area contributed by atoms with Crippen LogP contribution in [0.3, 0.4) is 0 Å². The predicted octanol–water partition coefficient (Wildman–Crippen LogP) is -2.45. The average Bonchev–Trinajstić information content (AvgIpc) is 2.47. The number of benzene rings is 1. The lowest BCUT2D eigenvalue weighted by molar-refractivity contribution is -0.465. The van der Waals surface area contributed by atoms with Crippen molar-refractivity contribution in [2.75, 3.05) is 20.2 Å². The molecule has 0 bridgehead atoms. The molecule has 1 fully saturated rings. The second-order valence-corrected chi connectivity index (χ2v) is 5.91. The van der Waals surface area contributed by atoms with Crippen LogP contribution in [-0.4, -0.2) is 36.2 Å². The molecular weight excluding hydrogens is 296 g/mol. The maximum absolute atomic E-state index is 12.2. The summed E-state index contributed by atoms with van der Waals surface area (Å²) in [4.78, 5) is 17.4. The van der Waals surface area contributed by atoms with Crippen molar-refractivity contribution in [2.45, 2.75) is 18.1 Å². The number of methoxy groups -OCH3 is 1. The number of halogens is 1. The summed E-state index contributed by atoms with van der Waals surface area (Å²) in [5, 5.41) is 1.22. The number of amides is 1. The molecule has 1 unspecified atom stereocenters. The first-order chi connectivity index (χ1) is 9.28. The van der Waals surface area contributed by atoms with E-state index in [4.69, 9.17) is 4.74 Å². The Labute approximate surface area is 129 Å². The SMILES string of the molecule is COc1ccc(C2CC(=O)N3CCC[NH+]=C3S2)cc1.[Cl-]. The average molecular weight is 313 g/mol. The Morgan fingerprint density at radius 3 is 2.80 bits per heavy atom. The lowest BCUT2D eigenvalue weighted by atomic mass is 10.1. The standard InChI is InChI=1S/C14H16N2O2S.ClH/c1-18-11-5-3-10(4-6-11)12-9-13(17)16-8-2-7-15-14(16)19-12;/h3-6,12H,2,7-9H2,1H3;1H. The van der Waals surface area contributed by atoms with Crippen LogP contribution >= 0.6 is 11.8 Å². The zero-order chi connectivity index (χ0) is 13.2. The molecule has 4 nitrogen and oxygen atoms in total. The van der Waals surface area contributed by atoms with Gasteiger partial charge in [-0.2, -0.15) is 4.90 Å². The van der Waals surface area contributed by atoms with E-state index in [0.717, 1.165) is 30.4 Å². The number of nitrogens with zero attached hydrogens (tertiary/aromatic N) is 1. The molecule has 2 aliphatic heterocycles. The summed E-state index contributed by atoms with van der Waals surface area (Å²) in [6.45, 7) is 1.81.